The zero-order valence-corrected chi connectivity index (χ0v) is 36.8. The maximum atomic E-state index is 14.3. The topological polar surface area (TPSA) is 144 Å². The Balaban J connectivity index is 2.31. The minimum Gasteiger partial charge on any atom is -0.458 e. The third-order valence-corrected chi connectivity index (χ3v) is 11.4. The second-order valence-electron chi connectivity index (χ2n) is 17.4. The van der Waals surface area contributed by atoms with Crippen molar-refractivity contribution >= 4 is 29.5 Å². The number of benzene rings is 1. The number of nitrogens with zero attached hydrogens (tertiary/aromatic N) is 2. The van der Waals surface area contributed by atoms with Gasteiger partial charge in [-0.25, -0.2) is 4.79 Å². The first-order chi connectivity index (χ1) is 26.2. The molecule has 0 unspecified atom stereocenters. The van der Waals surface area contributed by atoms with Crippen LogP contribution in [0, 0.1) is 29.6 Å². The number of likely N-dealkylation sites (N-methyl/N-ethyl adjacent to an activating group) is 2. The zero-order valence-electron chi connectivity index (χ0n) is 36.8. The predicted molar refractivity (Wildman–Crippen MR) is 220 cm³/mol. The molecule has 0 aliphatic carbocycles. The van der Waals surface area contributed by atoms with Crippen molar-refractivity contribution in [2.75, 3.05) is 34.9 Å². The van der Waals surface area contributed by atoms with Crippen LogP contribution in [0.1, 0.15) is 107 Å². The molecule has 3 amide bonds. The van der Waals surface area contributed by atoms with Gasteiger partial charge in [0.2, 0.25) is 17.7 Å². The molecule has 1 aromatic rings. The highest BCUT2D eigenvalue weighted by molar-refractivity contribution is 5.90. The van der Waals surface area contributed by atoms with E-state index in [-0.39, 0.29) is 66.6 Å². The molecule has 1 fully saturated rings. The number of rotatable bonds is 22. The monoisotopic (exact) mass is 787 g/mol. The van der Waals surface area contributed by atoms with E-state index in [1.54, 1.807) is 58.7 Å². The first-order valence-corrected chi connectivity index (χ1v) is 20.6. The van der Waals surface area contributed by atoms with Gasteiger partial charge in [0.05, 0.1) is 42.7 Å². The minimum absolute atomic E-state index is 0.00810. The van der Waals surface area contributed by atoms with Gasteiger partial charge in [-0.05, 0) is 64.0 Å². The van der Waals surface area contributed by atoms with Crippen LogP contribution in [0.4, 0.5) is 0 Å². The minimum atomic E-state index is -0.918. The highest BCUT2D eigenvalue weighted by atomic mass is 16.6. The normalized spacial score (nSPS) is 19.1. The Morgan fingerprint density at radius 2 is 1.55 bits per heavy atom. The Kier molecular flexibility index (Phi) is 19.7. The van der Waals surface area contributed by atoms with E-state index in [0.29, 0.717) is 13.0 Å². The summed E-state index contributed by atoms with van der Waals surface area (Å²) < 4.78 is 17.7. The van der Waals surface area contributed by atoms with Gasteiger partial charge < -0.3 is 34.6 Å². The van der Waals surface area contributed by atoms with Crippen molar-refractivity contribution in [3.8, 4) is 0 Å². The van der Waals surface area contributed by atoms with E-state index in [9.17, 15) is 24.0 Å². The van der Waals surface area contributed by atoms with Crippen LogP contribution in [0.2, 0.25) is 0 Å². The fraction of sp³-hybridized carbons (Fsp3) is 0.750. The number of hydrogen-bond donors (Lipinski definition) is 2. The molecule has 0 spiro atoms. The Hall–Kier alpha value is -3.35. The highest BCUT2D eigenvalue weighted by Crippen LogP contribution is 2.31. The summed E-state index contributed by atoms with van der Waals surface area (Å²) >= 11 is 0. The first-order valence-electron chi connectivity index (χ1n) is 20.6. The van der Waals surface area contributed by atoms with Crippen LogP contribution in [-0.4, -0.2) is 116 Å². The molecular weight excluding hydrogens is 713 g/mol. The van der Waals surface area contributed by atoms with Crippen molar-refractivity contribution in [1.29, 1.82) is 0 Å². The van der Waals surface area contributed by atoms with Crippen LogP contribution in [0.25, 0.3) is 0 Å². The van der Waals surface area contributed by atoms with Gasteiger partial charge in [-0.2, -0.15) is 0 Å². The lowest BCUT2D eigenvalue weighted by molar-refractivity contribution is -0.159. The van der Waals surface area contributed by atoms with Gasteiger partial charge >= 0.3 is 5.97 Å². The molecule has 1 aliphatic rings. The average Bonchev–Trinajstić information content (AvgIpc) is 3.62. The Morgan fingerprint density at radius 1 is 0.929 bits per heavy atom. The molecule has 56 heavy (non-hydrogen) atoms. The Labute approximate surface area is 337 Å². The van der Waals surface area contributed by atoms with Crippen molar-refractivity contribution in [2.24, 2.45) is 29.6 Å². The molecule has 12 heteroatoms. The van der Waals surface area contributed by atoms with Crippen LogP contribution in [-0.2, 0) is 44.6 Å². The van der Waals surface area contributed by atoms with E-state index >= 15 is 0 Å². The van der Waals surface area contributed by atoms with Gasteiger partial charge in [0.15, 0.2) is 5.78 Å². The predicted octanol–water partition coefficient (Wildman–Crippen LogP) is 5.45. The van der Waals surface area contributed by atoms with Crippen molar-refractivity contribution in [3.63, 3.8) is 0 Å². The lowest BCUT2D eigenvalue weighted by Crippen LogP contribution is -2.55. The number of methoxy groups -OCH3 is 2. The third-order valence-electron chi connectivity index (χ3n) is 11.4. The molecule has 2 N–H and O–H groups in total. The molecule has 1 aliphatic heterocycles. The van der Waals surface area contributed by atoms with Crippen LogP contribution in [0.3, 0.4) is 0 Å². The smallest absolute Gasteiger partial charge is 0.329 e. The molecule has 0 bridgehead atoms. The number of amides is 3. The van der Waals surface area contributed by atoms with E-state index in [4.69, 9.17) is 14.2 Å². The number of Topliss-reactive ketones (excluding diaryl/α,β-unsaturated/α-hetero) is 1. The van der Waals surface area contributed by atoms with Gasteiger partial charge in [0.25, 0.3) is 0 Å². The quantitative estimate of drug-likeness (QED) is 0.147. The lowest BCUT2D eigenvalue weighted by atomic mass is 9.84. The third kappa shape index (κ3) is 13.6. The summed E-state index contributed by atoms with van der Waals surface area (Å²) in [6.45, 7) is 19.6. The summed E-state index contributed by atoms with van der Waals surface area (Å²) in [7, 11) is 6.63. The van der Waals surface area contributed by atoms with Crippen molar-refractivity contribution in [2.45, 2.75) is 150 Å². The van der Waals surface area contributed by atoms with Gasteiger partial charge in [-0.3, -0.25) is 19.2 Å². The van der Waals surface area contributed by atoms with Crippen LogP contribution in [0.15, 0.2) is 30.3 Å². The van der Waals surface area contributed by atoms with Crippen LogP contribution < -0.4 is 10.6 Å². The fourth-order valence-electron chi connectivity index (χ4n) is 8.10. The SMILES string of the molecule is CC[C@H](C)[C@@H]([C@@H](CC(=O)N1CCC[C@H]1[C@H](OC)[C@@H](C)C(=O)N[C@@H](Cc1ccccc1)C(=O)OC(C)(C)C)OC)N(C)C(=O)[C@@H](CC(=O)[C@@H](NC)C(C)C)C(C)C. The number of hydrogen-bond acceptors (Lipinski definition) is 9. The molecule has 1 saturated heterocycles. The van der Waals surface area contributed by atoms with E-state index in [2.05, 4.69) is 17.6 Å². The number of carbonyl (C=O) groups is 5. The number of ketones is 1. The Morgan fingerprint density at radius 3 is 2.05 bits per heavy atom. The number of likely N-dealkylation sites (tertiary alicyclic amines) is 1. The molecule has 0 radical (unpaired) electrons. The van der Waals surface area contributed by atoms with Gasteiger partial charge in [-0.15, -0.1) is 0 Å². The van der Waals surface area contributed by atoms with Crippen LogP contribution in [0.5, 0.6) is 0 Å². The summed E-state index contributed by atoms with van der Waals surface area (Å²) in [6, 6.07) is 7.37. The number of nitrogens with one attached hydrogen (secondary N) is 2. The summed E-state index contributed by atoms with van der Waals surface area (Å²) in [5.74, 6) is -2.41. The highest BCUT2D eigenvalue weighted by Gasteiger charge is 2.43. The van der Waals surface area contributed by atoms with E-state index in [0.717, 1.165) is 18.4 Å². The summed E-state index contributed by atoms with van der Waals surface area (Å²) in [4.78, 5) is 72.6. The van der Waals surface area contributed by atoms with E-state index in [1.165, 1.54) is 7.11 Å². The summed E-state index contributed by atoms with van der Waals surface area (Å²) in [5, 5.41) is 6.04. The standard InChI is InChI=1S/C44H74N4O8/c1-15-29(6)39(47(12)42(52)32(27(2)3)25-35(49)38(45-11)28(4)5)36(54-13)26-37(50)48-23-19-22-34(48)40(55-14)30(7)41(51)46-33(43(53)56-44(8,9)10)24-31-20-17-16-18-21-31/h16-18,20-21,27-30,32-34,36,38-40,45H,15,19,22-26H2,1-14H3,(H,46,51)/t29-,30+,32-,33-,34-,36+,38-,39-,40+/m0/s1. The number of esters is 1. The number of ether oxygens (including phenoxy) is 3. The lowest BCUT2D eigenvalue weighted by Gasteiger charge is -2.41. The number of carbonyl (C=O) groups excluding carboxylic acids is 5. The first kappa shape index (κ1) is 48.8. The van der Waals surface area contributed by atoms with Gasteiger partial charge in [-0.1, -0.05) is 85.2 Å². The fourth-order valence-corrected chi connectivity index (χ4v) is 8.10. The van der Waals surface area contributed by atoms with E-state index in [1.807, 2.05) is 65.0 Å². The second-order valence-corrected chi connectivity index (χ2v) is 17.4. The van der Waals surface area contributed by atoms with Gasteiger partial charge in [0, 0.05) is 46.6 Å². The molecule has 12 nitrogen and oxygen atoms in total. The molecular formula is C44H74N4O8. The van der Waals surface area contributed by atoms with Crippen molar-refractivity contribution < 1.29 is 38.2 Å². The second kappa shape index (κ2) is 22.6. The molecule has 318 valence electrons. The largest absolute Gasteiger partial charge is 0.458 e. The maximum Gasteiger partial charge on any atom is 0.329 e. The summed E-state index contributed by atoms with van der Waals surface area (Å²) in [5.41, 5.74) is 0.140. The average molecular weight is 787 g/mol. The molecule has 1 heterocycles. The van der Waals surface area contributed by atoms with Gasteiger partial charge in [0.1, 0.15) is 11.6 Å². The van der Waals surface area contributed by atoms with E-state index < -0.39 is 53.7 Å². The molecule has 0 saturated carbocycles. The van der Waals surface area contributed by atoms with Crippen LogP contribution >= 0.6 is 0 Å². The van der Waals surface area contributed by atoms with Crippen molar-refractivity contribution in [3.05, 3.63) is 35.9 Å². The molecule has 1 aromatic carbocycles. The molecule has 2 rings (SSSR count). The Bertz CT molecular complexity index is 1410. The molecule has 9 atom stereocenters. The summed E-state index contributed by atoms with van der Waals surface area (Å²) in [6.07, 6.45) is 1.26. The maximum absolute atomic E-state index is 14.3. The zero-order chi connectivity index (χ0) is 42.5. The van der Waals surface area contributed by atoms with Crippen molar-refractivity contribution in [1.82, 2.24) is 20.4 Å². The molecule has 0 aromatic heterocycles.